The molecule has 1 aliphatic carbocycles. The number of aliphatic hydroxyl groups excluding tert-OH is 1. The topological polar surface area (TPSA) is 81.7 Å². The van der Waals surface area contributed by atoms with Gasteiger partial charge in [-0.15, -0.1) is 0 Å². The maximum atomic E-state index is 12.8. The van der Waals surface area contributed by atoms with E-state index in [1.807, 2.05) is 36.4 Å². The van der Waals surface area contributed by atoms with Crippen molar-refractivity contribution < 1.29 is 14.7 Å². The number of hydrogen-bond acceptors (Lipinski definition) is 4. The normalized spacial score (nSPS) is 24.2. The first-order valence-electron chi connectivity index (χ1n) is 11.7. The highest BCUT2D eigenvalue weighted by atomic mass is 16.3. The van der Waals surface area contributed by atoms with Crippen LogP contribution in [0.1, 0.15) is 49.1 Å². The van der Waals surface area contributed by atoms with Gasteiger partial charge in [-0.2, -0.15) is 0 Å². The Morgan fingerprint density at radius 1 is 1.00 bits per heavy atom. The molecule has 6 nitrogen and oxygen atoms in total. The third-order valence-electron chi connectivity index (χ3n) is 6.70. The van der Waals surface area contributed by atoms with E-state index in [1.54, 1.807) is 0 Å². The Bertz CT molecular complexity index is 842. The minimum Gasteiger partial charge on any atom is -0.393 e. The Hall–Kier alpha value is -2.70. The van der Waals surface area contributed by atoms with Gasteiger partial charge in [0.25, 0.3) is 0 Å². The average Bonchev–Trinajstić information content (AvgIpc) is 2.82. The number of hydrogen-bond donors (Lipinski definition) is 3. The quantitative estimate of drug-likeness (QED) is 0.624. The van der Waals surface area contributed by atoms with Crippen molar-refractivity contribution in [2.45, 2.75) is 56.2 Å². The fourth-order valence-electron chi connectivity index (χ4n) is 4.89. The fourth-order valence-corrected chi connectivity index (χ4v) is 4.89. The summed E-state index contributed by atoms with van der Waals surface area (Å²) in [4.78, 5) is 27.7. The van der Waals surface area contributed by atoms with E-state index in [2.05, 4.69) is 39.8 Å². The molecule has 0 aromatic heterocycles. The van der Waals surface area contributed by atoms with Gasteiger partial charge in [-0.25, -0.2) is 0 Å². The highest BCUT2D eigenvalue weighted by molar-refractivity contribution is 5.89. The van der Waals surface area contributed by atoms with Gasteiger partial charge < -0.3 is 15.7 Å². The van der Waals surface area contributed by atoms with Crippen LogP contribution < -0.4 is 10.6 Å². The van der Waals surface area contributed by atoms with E-state index in [0.717, 1.165) is 32.2 Å². The van der Waals surface area contributed by atoms with E-state index < -0.39 is 6.04 Å². The summed E-state index contributed by atoms with van der Waals surface area (Å²) >= 11 is 0. The molecule has 1 heterocycles. The molecule has 1 saturated heterocycles. The number of carbonyl (C=O) groups is 2. The second-order valence-corrected chi connectivity index (χ2v) is 8.95. The molecular weight excluding hydrogens is 402 g/mol. The van der Waals surface area contributed by atoms with Gasteiger partial charge in [0.2, 0.25) is 11.8 Å². The van der Waals surface area contributed by atoms with Crippen LogP contribution in [0.5, 0.6) is 0 Å². The zero-order valence-corrected chi connectivity index (χ0v) is 18.5. The van der Waals surface area contributed by atoms with E-state index >= 15 is 0 Å². The number of amides is 2. The summed E-state index contributed by atoms with van der Waals surface area (Å²) in [6.07, 6.45) is 2.92. The second-order valence-electron chi connectivity index (χ2n) is 8.95. The molecule has 2 aromatic rings. The summed E-state index contributed by atoms with van der Waals surface area (Å²) in [5.74, 6) is -0.0477. The second kappa shape index (κ2) is 10.7. The van der Waals surface area contributed by atoms with Gasteiger partial charge in [0.05, 0.1) is 18.6 Å². The smallest absolute Gasteiger partial charge is 0.237 e. The van der Waals surface area contributed by atoms with Crippen molar-refractivity contribution in [3.63, 3.8) is 0 Å². The molecule has 1 atom stereocenters. The number of piperazine rings is 1. The van der Waals surface area contributed by atoms with Crippen LogP contribution in [0.25, 0.3) is 0 Å². The summed E-state index contributed by atoms with van der Waals surface area (Å²) in [5, 5.41) is 15.7. The Labute approximate surface area is 190 Å². The van der Waals surface area contributed by atoms with Crippen molar-refractivity contribution >= 4 is 11.8 Å². The maximum absolute atomic E-state index is 12.8. The molecule has 0 bridgehead atoms. The van der Waals surface area contributed by atoms with Crippen LogP contribution in [0.2, 0.25) is 0 Å². The largest absolute Gasteiger partial charge is 0.393 e. The fraction of sp³-hybridized carbons (Fsp3) is 0.462. The lowest BCUT2D eigenvalue weighted by atomic mass is 9.89. The summed E-state index contributed by atoms with van der Waals surface area (Å²) in [7, 11) is 0. The van der Waals surface area contributed by atoms with Crippen LogP contribution in [0.3, 0.4) is 0 Å². The van der Waals surface area contributed by atoms with Crippen LogP contribution in [-0.2, 0) is 9.59 Å². The molecule has 6 heteroatoms. The lowest BCUT2D eigenvalue weighted by molar-refractivity contribution is -0.134. The highest BCUT2D eigenvalue weighted by Gasteiger charge is 2.34. The molecule has 0 spiro atoms. The zero-order chi connectivity index (χ0) is 22.3. The standard InChI is InChI=1S/C26H33N3O3/c30-22-13-11-21(12-14-22)28-25(31)17-24-26(32)27-15-16-29(24)18-23(19-7-3-1-4-8-19)20-9-5-2-6-10-20/h1-10,21-24,30H,11-18H2,(H,27,32)(H,28,31). The lowest BCUT2D eigenvalue weighted by Crippen LogP contribution is -2.57. The van der Waals surface area contributed by atoms with Gasteiger partial charge in [-0.05, 0) is 36.8 Å². The van der Waals surface area contributed by atoms with Gasteiger partial charge >= 0.3 is 0 Å². The molecule has 0 radical (unpaired) electrons. The Balaban J connectivity index is 1.47. The average molecular weight is 436 g/mol. The highest BCUT2D eigenvalue weighted by Crippen LogP contribution is 2.27. The van der Waals surface area contributed by atoms with E-state index in [4.69, 9.17) is 0 Å². The van der Waals surface area contributed by atoms with Crippen LogP contribution in [0, 0.1) is 0 Å². The number of aliphatic hydroxyl groups is 1. The monoisotopic (exact) mass is 435 g/mol. The van der Waals surface area contributed by atoms with E-state index in [1.165, 1.54) is 11.1 Å². The van der Waals surface area contributed by atoms with Crippen molar-refractivity contribution in [2.75, 3.05) is 19.6 Å². The number of benzene rings is 2. The van der Waals surface area contributed by atoms with Gasteiger partial charge in [0.1, 0.15) is 0 Å². The molecule has 2 amide bonds. The summed E-state index contributed by atoms with van der Waals surface area (Å²) in [6, 6.07) is 20.3. The SMILES string of the molecule is O=C(CC1C(=O)NCCN1CC(c1ccccc1)c1ccccc1)NC1CCC(O)CC1. The molecule has 1 aliphatic heterocycles. The molecule has 170 valence electrons. The van der Waals surface area contributed by atoms with Crippen molar-refractivity contribution in [2.24, 2.45) is 0 Å². The molecule has 4 rings (SSSR count). The number of carbonyl (C=O) groups excluding carboxylic acids is 2. The molecule has 2 aromatic carbocycles. The Morgan fingerprint density at radius 3 is 2.19 bits per heavy atom. The third-order valence-corrected chi connectivity index (χ3v) is 6.70. The number of nitrogens with zero attached hydrogens (tertiary/aromatic N) is 1. The van der Waals surface area contributed by atoms with Crippen molar-refractivity contribution in [1.82, 2.24) is 15.5 Å². The van der Waals surface area contributed by atoms with Gasteiger partial charge in [0, 0.05) is 31.6 Å². The predicted molar refractivity (Wildman–Crippen MR) is 124 cm³/mol. The van der Waals surface area contributed by atoms with Crippen LogP contribution >= 0.6 is 0 Å². The predicted octanol–water partition coefficient (Wildman–Crippen LogP) is 2.43. The summed E-state index contributed by atoms with van der Waals surface area (Å²) < 4.78 is 0. The molecular formula is C26H33N3O3. The zero-order valence-electron chi connectivity index (χ0n) is 18.5. The summed E-state index contributed by atoms with van der Waals surface area (Å²) in [6.45, 7) is 1.98. The van der Waals surface area contributed by atoms with Crippen LogP contribution in [-0.4, -0.2) is 59.6 Å². The van der Waals surface area contributed by atoms with Gasteiger partial charge in [-0.3, -0.25) is 14.5 Å². The van der Waals surface area contributed by atoms with Crippen molar-refractivity contribution in [3.05, 3.63) is 71.8 Å². The minimum absolute atomic E-state index is 0.0784. The third kappa shape index (κ3) is 5.75. The molecule has 2 fully saturated rings. The van der Waals surface area contributed by atoms with E-state index in [9.17, 15) is 14.7 Å². The van der Waals surface area contributed by atoms with E-state index in [-0.39, 0.29) is 36.3 Å². The lowest BCUT2D eigenvalue weighted by Gasteiger charge is -2.37. The molecule has 1 unspecified atom stereocenters. The van der Waals surface area contributed by atoms with E-state index in [0.29, 0.717) is 13.1 Å². The first-order chi connectivity index (χ1) is 15.6. The Morgan fingerprint density at radius 2 is 1.59 bits per heavy atom. The van der Waals surface area contributed by atoms with Crippen LogP contribution in [0.15, 0.2) is 60.7 Å². The van der Waals surface area contributed by atoms with Gasteiger partial charge in [0.15, 0.2) is 0 Å². The number of nitrogens with one attached hydrogen (secondary N) is 2. The molecule has 1 saturated carbocycles. The minimum atomic E-state index is -0.479. The maximum Gasteiger partial charge on any atom is 0.237 e. The van der Waals surface area contributed by atoms with Crippen LogP contribution in [0.4, 0.5) is 0 Å². The van der Waals surface area contributed by atoms with Gasteiger partial charge in [-0.1, -0.05) is 60.7 Å². The van der Waals surface area contributed by atoms with Crippen molar-refractivity contribution in [1.29, 1.82) is 0 Å². The summed E-state index contributed by atoms with van der Waals surface area (Å²) in [5.41, 5.74) is 2.40. The molecule has 2 aliphatic rings. The first-order valence-corrected chi connectivity index (χ1v) is 11.7. The first kappa shape index (κ1) is 22.5. The Kier molecular flexibility index (Phi) is 7.55. The molecule has 3 N–H and O–H groups in total. The van der Waals surface area contributed by atoms with Crippen molar-refractivity contribution in [3.8, 4) is 0 Å². The number of rotatable bonds is 7. The molecule has 32 heavy (non-hydrogen) atoms.